The number of rotatable bonds is 1. The predicted molar refractivity (Wildman–Crippen MR) is 29.5 cm³/mol. The Labute approximate surface area is 51.3 Å². The maximum atomic E-state index is 8.45. The third-order valence-corrected chi connectivity index (χ3v) is 1.15. The van der Waals surface area contributed by atoms with E-state index in [4.69, 9.17) is 16.7 Å². The lowest BCUT2D eigenvalue weighted by molar-refractivity contribution is 0.277. The monoisotopic (exact) mass is 132 g/mol. The minimum Gasteiger partial charge on any atom is -0.390 e. The molecule has 0 unspecified atom stereocenters. The molecule has 0 atom stereocenters. The quantitative estimate of drug-likeness (QED) is 0.587. The molecule has 0 fully saturated rings. The van der Waals surface area contributed by atoms with Crippen LogP contribution in [0.3, 0.4) is 0 Å². The molecule has 1 aromatic heterocycles. The Bertz CT molecular complexity index is 174. The summed E-state index contributed by atoms with van der Waals surface area (Å²) in [6, 6.07) is 0. The van der Waals surface area contributed by atoms with Crippen LogP contribution in [0.5, 0.6) is 0 Å². The summed E-state index contributed by atoms with van der Waals surface area (Å²) in [6.45, 7) is -0.0845. The first kappa shape index (κ1) is 5.59. The van der Waals surface area contributed by atoms with Crippen LogP contribution < -0.4 is 0 Å². The minimum atomic E-state index is -0.0845. The molecule has 3 nitrogen and oxygen atoms in total. The number of aliphatic hydroxyl groups excluding tert-OH is 1. The molecule has 0 radical (unpaired) electrons. The third kappa shape index (κ3) is 0.827. The highest BCUT2D eigenvalue weighted by molar-refractivity contribution is 6.31. The Hall–Kier alpha value is -0.540. The summed E-state index contributed by atoms with van der Waals surface area (Å²) in [5.74, 6) is 0. The van der Waals surface area contributed by atoms with Crippen LogP contribution in [-0.4, -0.2) is 15.3 Å². The number of aliphatic hydroxyl groups is 1. The molecule has 0 aliphatic carbocycles. The molecule has 0 aliphatic heterocycles. The molecular formula is C4H5ClN2O. The van der Waals surface area contributed by atoms with Crippen LogP contribution in [0.25, 0.3) is 0 Å². The van der Waals surface area contributed by atoms with Crippen molar-refractivity contribution in [2.24, 2.45) is 0 Å². The first-order valence-corrected chi connectivity index (χ1v) is 2.51. The second kappa shape index (κ2) is 2.15. The van der Waals surface area contributed by atoms with Gasteiger partial charge < -0.3 is 5.11 Å². The van der Waals surface area contributed by atoms with E-state index in [9.17, 15) is 0 Å². The van der Waals surface area contributed by atoms with Crippen molar-refractivity contribution in [2.75, 3.05) is 0 Å². The number of nitrogens with one attached hydrogen (secondary N) is 1. The van der Waals surface area contributed by atoms with E-state index >= 15 is 0 Å². The lowest BCUT2D eigenvalue weighted by Gasteiger charge is -1.84. The first-order chi connectivity index (χ1) is 3.84. The fourth-order valence-corrected chi connectivity index (χ4v) is 0.560. The van der Waals surface area contributed by atoms with Gasteiger partial charge in [0.15, 0.2) is 0 Å². The molecule has 2 N–H and O–H groups in total. The molecule has 1 heterocycles. The minimum absolute atomic E-state index is 0.0845. The Morgan fingerprint density at radius 3 is 2.88 bits per heavy atom. The smallest absolute Gasteiger partial charge is 0.0862 e. The fraction of sp³-hybridized carbons (Fsp3) is 0.250. The molecule has 1 rings (SSSR count). The fourth-order valence-electron chi connectivity index (χ4n) is 0.409. The van der Waals surface area contributed by atoms with Crippen molar-refractivity contribution in [3.63, 3.8) is 0 Å². The summed E-state index contributed by atoms with van der Waals surface area (Å²) < 4.78 is 0. The third-order valence-electron chi connectivity index (χ3n) is 0.824. The predicted octanol–water partition coefficient (Wildman–Crippen LogP) is 0.555. The van der Waals surface area contributed by atoms with Crippen LogP contribution in [0.4, 0.5) is 0 Å². The Morgan fingerprint density at radius 2 is 2.62 bits per heavy atom. The van der Waals surface area contributed by atoms with Crippen molar-refractivity contribution < 1.29 is 5.11 Å². The van der Waals surface area contributed by atoms with Gasteiger partial charge in [-0.05, 0) is 0 Å². The number of aromatic nitrogens is 2. The van der Waals surface area contributed by atoms with Gasteiger partial charge in [0.1, 0.15) is 0 Å². The standard InChI is InChI=1S/C4H5ClN2O/c5-3-1-6-7-4(3)2-8/h1,8H,2H2,(H,6,7). The van der Waals surface area contributed by atoms with E-state index in [1.165, 1.54) is 6.20 Å². The second-order valence-corrected chi connectivity index (χ2v) is 1.76. The van der Waals surface area contributed by atoms with Crippen LogP contribution in [0.1, 0.15) is 5.69 Å². The van der Waals surface area contributed by atoms with Crippen LogP contribution in [0.15, 0.2) is 6.20 Å². The van der Waals surface area contributed by atoms with Gasteiger partial charge in [-0.15, -0.1) is 0 Å². The average molecular weight is 133 g/mol. The molecule has 8 heavy (non-hydrogen) atoms. The number of halogens is 1. The van der Waals surface area contributed by atoms with E-state index in [2.05, 4.69) is 10.2 Å². The van der Waals surface area contributed by atoms with Gasteiger partial charge in [0.2, 0.25) is 0 Å². The van der Waals surface area contributed by atoms with Gasteiger partial charge in [-0.25, -0.2) is 0 Å². The Kier molecular flexibility index (Phi) is 1.50. The maximum absolute atomic E-state index is 8.45. The van der Waals surface area contributed by atoms with Crippen LogP contribution in [0.2, 0.25) is 5.02 Å². The number of H-pyrrole nitrogens is 1. The SMILES string of the molecule is OCc1[nH]ncc1Cl. The van der Waals surface area contributed by atoms with Gasteiger partial charge in [0.05, 0.1) is 23.5 Å². The van der Waals surface area contributed by atoms with Crippen molar-refractivity contribution in [3.8, 4) is 0 Å². The molecule has 0 spiro atoms. The van der Waals surface area contributed by atoms with E-state index in [-0.39, 0.29) is 6.61 Å². The average Bonchev–Trinajstić information content (AvgIpc) is 2.14. The summed E-state index contributed by atoms with van der Waals surface area (Å²) in [6.07, 6.45) is 1.45. The lowest BCUT2D eigenvalue weighted by atomic mass is 10.5. The highest BCUT2D eigenvalue weighted by Crippen LogP contribution is 2.09. The van der Waals surface area contributed by atoms with Crippen LogP contribution in [-0.2, 0) is 6.61 Å². The molecule has 0 bridgehead atoms. The van der Waals surface area contributed by atoms with Gasteiger partial charge >= 0.3 is 0 Å². The summed E-state index contributed by atoms with van der Waals surface area (Å²) in [5.41, 5.74) is 0.562. The number of hydrogen-bond acceptors (Lipinski definition) is 2. The Morgan fingerprint density at radius 1 is 1.88 bits per heavy atom. The topological polar surface area (TPSA) is 48.9 Å². The van der Waals surface area contributed by atoms with Crippen molar-refractivity contribution >= 4 is 11.6 Å². The first-order valence-electron chi connectivity index (χ1n) is 2.13. The summed E-state index contributed by atoms with van der Waals surface area (Å²) >= 11 is 5.49. The second-order valence-electron chi connectivity index (χ2n) is 1.35. The van der Waals surface area contributed by atoms with E-state index in [0.717, 1.165) is 0 Å². The van der Waals surface area contributed by atoms with E-state index < -0.39 is 0 Å². The molecule has 0 amide bonds. The zero-order valence-electron chi connectivity index (χ0n) is 4.06. The molecule has 1 aromatic rings. The zero-order chi connectivity index (χ0) is 5.98. The maximum Gasteiger partial charge on any atom is 0.0862 e. The molecule has 0 saturated carbocycles. The van der Waals surface area contributed by atoms with Crippen molar-refractivity contribution in [1.29, 1.82) is 0 Å². The van der Waals surface area contributed by atoms with Gasteiger partial charge in [0, 0.05) is 0 Å². The van der Waals surface area contributed by atoms with Gasteiger partial charge in [-0.2, -0.15) is 5.10 Å². The zero-order valence-corrected chi connectivity index (χ0v) is 4.81. The summed E-state index contributed by atoms with van der Waals surface area (Å²) in [5, 5.41) is 15.0. The van der Waals surface area contributed by atoms with E-state index in [1.807, 2.05) is 0 Å². The summed E-state index contributed by atoms with van der Waals surface area (Å²) in [7, 11) is 0. The van der Waals surface area contributed by atoms with Crippen LogP contribution in [0, 0.1) is 0 Å². The number of hydrogen-bond donors (Lipinski definition) is 2. The van der Waals surface area contributed by atoms with E-state index in [1.54, 1.807) is 0 Å². The van der Waals surface area contributed by atoms with Gasteiger partial charge in [-0.1, -0.05) is 11.6 Å². The molecule has 0 aromatic carbocycles. The van der Waals surface area contributed by atoms with Crippen molar-refractivity contribution in [2.45, 2.75) is 6.61 Å². The molecular weight excluding hydrogens is 128 g/mol. The molecule has 0 aliphatic rings. The highest BCUT2D eigenvalue weighted by Gasteiger charge is 1.96. The summed E-state index contributed by atoms with van der Waals surface area (Å²) in [4.78, 5) is 0. The van der Waals surface area contributed by atoms with Crippen molar-refractivity contribution in [1.82, 2.24) is 10.2 Å². The van der Waals surface area contributed by atoms with Gasteiger partial charge in [0.25, 0.3) is 0 Å². The van der Waals surface area contributed by atoms with Gasteiger partial charge in [-0.3, -0.25) is 5.10 Å². The number of nitrogens with zero attached hydrogens (tertiary/aromatic N) is 1. The largest absolute Gasteiger partial charge is 0.390 e. The number of aromatic amines is 1. The van der Waals surface area contributed by atoms with Crippen LogP contribution >= 0.6 is 11.6 Å². The molecule has 4 heteroatoms. The Balaban J connectivity index is 2.92. The molecule has 44 valence electrons. The normalized spacial score (nSPS) is 9.75. The van der Waals surface area contributed by atoms with E-state index in [0.29, 0.717) is 10.7 Å². The van der Waals surface area contributed by atoms with Crippen molar-refractivity contribution in [3.05, 3.63) is 16.9 Å². The highest BCUT2D eigenvalue weighted by atomic mass is 35.5. The molecule has 0 saturated heterocycles. The lowest BCUT2D eigenvalue weighted by Crippen LogP contribution is -1.81.